The van der Waals surface area contributed by atoms with E-state index in [2.05, 4.69) is 5.73 Å². The van der Waals surface area contributed by atoms with Crippen molar-refractivity contribution >= 4 is 17.1 Å². The molecule has 0 amide bonds. The Morgan fingerprint density at radius 2 is 1.55 bits per heavy atom. The van der Waals surface area contributed by atoms with Gasteiger partial charge in [0.05, 0.1) is 19.9 Å². The van der Waals surface area contributed by atoms with Crippen LogP contribution in [0, 0.1) is 6.92 Å². The molecule has 0 unspecified atom stereocenters. The normalized spacial score (nSPS) is 9.40. The lowest BCUT2D eigenvalue weighted by molar-refractivity contribution is -0.256. The molecule has 5 nitrogen and oxygen atoms in total. The maximum atomic E-state index is 5.52. The molecular formula is C15H22N3O2+. The van der Waals surface area contributed by atoms with Crippen LogP contribution >= 0.6 is 0 Å². The van der Waals surface area contributed by atoms with E-state index in [4.69, 9.17) is 20.9 Å². The minimum atomic E-state index is 0.608. The van der Waals surface area contributed by atoms with Crippen molar-refractivity contribution in [3.8, 4) is 11.5 Å². The van der Waals surface area contributed by atoms with Gasteiger partial charge in [0.25, 0.3) is 0 Å². The Hall–Kier alpha value is -2.40. The fourth-order valence-electron chi connectivity index (χ4n) is 1.64. The highest BCUT2D eigenvalue weighted by Gasteiger charge is 1.99. The standard InChI is InChI=1S/C8H11NO.C7H10N2O/c1-6-3-4-8(10-2)7(9)5-6;1-10-7-4-5(8)2-3-6(7)9/h3-5H,9H2,1-2H3;2-4H,8-9H2,1H3/p+1. The van der Waals surface area contributed by atoms with Gasteiger partial charge < -0.3 is 26.7 Å². The Bertz CT molecular complexity index is 571. The van der Waals surface area contributed by atoms with E-state index in [1.165, 1.54) is 5.56 Å². The second kappa shape index (κ2) is 7.25. The molecular weight excluding hydrogens is 254 g/mol. The van der Waals surface area contributed by atoms with Gasteiger partial charge in [-0.3, -0.25) is 0 Å². The second-order valence-corrected chi connectivity index (χ2v) is 4.32. The zero-order valence-corrected chi connectivity index (χ0v) is 12.1. The molecule has 0 saturated carbocycles. The van der Waals surface area contributed by atoms with Crippen molar-refractivity contribution in [2.45, 2.75) is 6.92 Å². The molecule has 0 fully saturated rings. The third kappa shape index (κ3) is 4.37. The molecule has 0 spiro atoms. The van der Waals surface area contributed by atoms with E-state index in [9.17, 15) is 0 Å². The van der Waals surface area contributed by atoms with Crippen LogP contribution in [0.4, 0.5) is 17.1 Å². The van der Waals surface area contributed by atoms with Crippen LogP contribution in [0.15, 0.2) is 36.4 Å². The van der Waals surface area contributed by atoms with E-state index in [1.807, 2.05) is 25.1 Å². The highest BCUT2D eigenvalue weighted by molar-refractivity contribution is 5.59. The molecule has 0 heterocycles. The fourth-order valence-corrected chi connectivity index (χ4v) is 1.64. The predicted molar refractivity (Wildman–Crippen MR) is 82.1 cm³/mol. The summed E-state index contributed by atoms with van der Waals surface area (Å²) in [7, 11) is 3.21. The lowest BCUT2D eigenvalue weighted by atomic mass is 10.2. The Kier molecular flexibility index (Phi) is 5.68. The van der Waals surface area contributed by atoms with E-state index in [0.717, 1.165) is 11.4 Å². The van der Waals surface area contributed by atoms with Crippen LogP contribution in [-0.4, -0.2) is 14.2 Å². The van der Waals surface area contributed by atoms with Crippen molar-refractivity contribution in [1.82, 2.24) is 0 Å². The number of methoxy groups -OCH3 is 2. The molecule has 0 atom stereocenters. The van der Waals surface area contributed by atoms with Crippen LogP contribution in [0.25, 0.3) is 0 Å². The zero-order valence-electron chi connectivity index (χ0n) is 12.1. The van der Waals surface area contributed by atoms with Crippen molar-refractivity contribution in [2.24, 2.45) is 0 Å². The first-order valence-corrected chi connectivity index (χ1v) is 6.13. The zero-order chi connectivity index (χ0) is 15.1. The first-order valence-electron chi connectivity index (χ1n) is 6.13. The molecule has 2 rings (SSSR count). The molecule has 0 aliphatic rings. The number of hydrogen-bond donors (Lipinski definition) is 3. The number of nitrogen functional groups attached to an aromatic ring is 2. The lowest BCUT2D eigenvalue weighted by Gasteiger charge is -2.03. The van der Waals surface area contributed by atoms with Crippen molar-refractivity contribution in [1.29, 1.82) is 0 Å². The van der Waals surface area contributed by atoms with Gasteiger partial charge in [0.1, 0.15) is 5.75 Å². The van der Waals surface area contributed by atoms with E-state index >= 15 is 0 Å². The fraction of sp³-hybridized carbons (Fsp3) is 0.200. The van der Waals surface area contributed by atoms with Crippen LogP contribution in [0.2, 0.25) is 0 Å². The van der Waals surface area contributed by atoms with Gasteiger partial charge in [0, 0.05) is 17.8 Å². The molecule has 108 valence electrons. The van der Waals surface area contributed by atoms with Crippen molar-refractivity contribution in [3.63, 3.8) is 0 Å². The van der Waals surface area contributed by atoms with Gasteiger partial charge in [-0.25, -0.2) is 0 Å². The Morgan fingerprint density at radius 3 is 2.05 bits per heavy atom. The molecule has 0 bridgehead atoms. The van der Waals surface area contributed by atoms with Crippen LogP contribution in [-0.2, 0) is 0 Å². The molecule has 2 aromatic rings. The van der Waals surface area contributed by atoms with Gasteiger partial charge in [0.15, 0.2) is 11.4 Å². The second-order valence-electron chi connectivity index (χ2n) is 4.32. The maximum Gasteiger partial charge on any atom is 0.179 e. The maximum absolute atomic E-state index is 5.52. The van der Waals surface area contributed by atoms with Gasteiger partial charge in [-0.15, -0.1) is 0 Å². The van der Waals surface area contributed by atoms with Crippen LogP contribution in [0.5, 0.6) is 11.5 Å². The molecule has 0 aliphatic carbocycles. The predicted octanol–water partition coefficient (Wildman–Crippen LogP) is 1.74. The van der Waals surface area contributed by atoms with E-state index in [1.54, 1.807) is 32.4 Å². The summed E-state index contributed by atoms with van der Waals surface area (Å²) in [5.74, 6) is 1.48. The van der Waals surface area contributed by atoms with E-state index in [-0.39, 0.29) is 0 Å². The van der Waals surface area contributed by atoms with Crippen LogP contribution in [0.3, 0.4) is 0 Å². The van der Waals surface area contributed by atoms with E-state index in [0.29, 0.717) is 17.1 Å². The summed E-state index contributed by atoms with van der Waals surface area (Å²) in [6.45, 7) is 2.04. The average Bonchev–Trinajstić information content (AvgIpc) is 2.42. The number of rotatable bonds is 2. The topological polar surface area (TPSA) is 98.1 Å². The molecule has 5 heteroatoms. The average molecular weight is 276 g/mol. The monoisotopic (exact) mass is 276 g/mol. The summed E-state index contributed by atoms with van der Waals surface area (Å²) < 4.78 is 9.96. The number of quaternary nitrogens is 1. The first kappa shape index (κ1) is 15.7. The molecule has 20 heavy (non-hydrogen) atoms. The van der Waals surface area contributed by atoms with Crippen molar-refractivity contribution in [2.75, 3.05) is 25.7 Å². The minimum absolute atomic E-state index is 0.608. The SMILES string of the molecule is COc1cc(N)ccc1N.COc1ccc(C)cc1[NH3+]. The highest BCUT2D eigenvalue weighted by atomic mass is 16.5. The van der Waals surface area contributed by atoms with Gasteiger partial charge in [-0.05, 0) is 30.7 Å². The van der Waals surface area contributed by atoms with Crippen LogP contribution in [0.1, 0.15) is 5.56 Å². The van der Waals surface area contributed by atoms with Gasteiger partial charge in [-0.1, -0.05) is 6.07 Å². The quantitative estimate of drug-likeness (QED) is 0.727. The summed E-state index contributed by atoms with van der Waals surface area (Å²) in [5, 5.41) is 0. The summed E-state index contributed by atoms with van der Waals surface area (Å²) in [4.78, 5) is 0. The molecule has 0 saturated heterocycles. The Balaban J connectivity index is 0.000000200. The Labute approximate surface area is 119 Å². The number of hydrogen-bond acceptors (Lipinski definition) is 4. The lowest BCUT2D eigenvalue weighted by Crippen LogP contribution is -2.40. The smallest absolute Gasteiger partial charge is 0.179 e. The van der Waals surface area contributed by atoms with Gasteiger partial charge in [-0.2, -0.15) is 0 Å². The van der Waals surface area contributed by atoms with Crippen molar-refractivity contribution in [3.05, 3.63) is 42.0 Å². The molecule has 0 radical (unpaired) electrons. The molecule has 0 aromatic heterocycles. The number of benzene rings is 2. The number of ether oxygens (including phenoxy) is 2. The summed E-state index contributed by atoms with van der Waals surface area (Å²) in [5.41, 5.74) is 18.2. The molecule has 2 aromatic carbocycles. The number of aryl methyl sites for hydroxylation is 1. The van der Waals surface area contributed by atoms with Crippen LogP contribution < -0.4 is 26.7 Å². The highest BCUT2D eigenvalue weighted by Crippen LogP contribution is 2.22. The largest absolute Gasteiger partial charge is 0.495 e. The summed E-state index contributed by atoms with van der Waals surface area (Å²) in [6, 6.07) is 11.1. The number of anilines is 2. The van der Waals surface area contributed by atoms with E-state index < -0.39 is 0 Å². The van der Waals surface area contributed by atoms with Crippen molar-refractivity contribution < 1.29 is 15.2 Å². The van der Waals surface area contributed by atoms with Gasteiger partial charge in [0.2, 0.25) is 0 Å². The number of nitrogens with two attached hydrogens (primary N) is 2. The first-order chi connectivity index (χ1) is 9.47. The Morgan fingerprint density at radius 1 is 0.900 bits per heavy atom. The third-order valence-electron chi connectivity index (χ3n) is 2.69. The summed E-state index contributed by atoms with van der Waals surface area (Å²) in [6.07, 6.45) is 0. The molecule has 7 N–H and O–H groups in total. The third-order valence-corrected chi connectivity index (χ3v) is 2.69. The summed E-state index contributed by atoms with van der Waals surface area (Å²) >= 11 is 0. The minimum Gasteiger partial charge on any atom is -0.495 e. The molecule has 0 aliphatic heterocycles. The van der Waals surface area contributed by atoms with Gasteiger partial charge >= 0.3 is 0 Å².